The van der Waals surface area contributed by atoms with Crippen LogP contribution in [0.2, 0.25) is 0 Å². The number of nitrogens with zero attached hydrogens (tertiary/aromatic N) is 2. The van der Waals surface area contributed by atoms with Gasteiger partial charge in [0.1, 0.15) is 0 Å². The molecule has 0 rings (SSSR count). The molecule has 0 saturated heterocycles. The molecule has 0 atom stereocenters. The van der Waals surface area contributed by atoms with Gasteiger partial charge in [0, 0.05) is 0 Å². The summed E-state index contributed by atoms with van der Waals surface area (Å²) in [6.45, 7) is 0. The van der Waals surface area contributed by atoms with E-state index in [4.69, 9.17) is 0 Å². The van der Waals surface area contributed by atoms with Crippen LogP contribution >= 0.6 is 0 Å². The second kappa shape index (κ2) is 3.47. The Morgan fingerprint density at radius 3 is 1.25 bits per heavy atom. The van der Waals surface area contributed by atoms with Crippen molar-refractivity contribution in [2.75, 3.05) is 28.2 Å². The van der Waals surface area contributed by atoms with E-state index in [0.717, 1.165) is 0 Å². The Kier molecular flexibility index (Phi) is 3.67. The van der Waals surface area contributed by atoms with Gasteiger partial charge in [0.05, 0.1) is 0 Å². The predicted molar refractivity (Wildman–Crippen MR) is 36.9 cm³/mol. The number of hydrogen-bond donors (Lipinski definition) is 0. The molecule has 8 heavy (non-hydrogen) atoms. The fourth-order valence-corrected chi connectivity index (χ4v) is 0.462. The van der Waals surface area contributed by atoms with Gasteiger partial charge in [0.15, 0.2) is 0 Å². The van der Waals surface area contributed by atoms with Crippen LogP contribution in [0.3, 0.4) is 0 Å². The van der Waals surface area contributed by atoms with Gasteiger partial charge in [-0.15, -0.1) is 0 Å². The van der Waals surface area contributed by atoms with Crippen LogP contribution in [0, 0.1) is 0 Å². The van der Waals surface area contributed by atoms with Crippen molar-refractivity contribution in [3.05, 3.63) is 0 Å². The van der Waals surface area contributed by atoms with Crippen LogP contribution in [-0.4, -0.2) is 59.3 Å². The minimum absolute atomic E-state index is 0.454. The monoisotopic (exact) mass is 128 g/mol. The van der Waals surface area contributed by atoms with Crippen LogP contribution in [0.5, 0.6) is 0 Å². The van der Waals surface area contributed by atoms with Crippen molar-refractivity contribution >= 4 is 16.3 Å². The van der Waals surface area contributed by atoms with Gasteiger partial charge in [-0.1, -0.05) is 0 Å². The molecular formula is C5H13AlN2+2. The third kappa shape index (κ3) is 2.69. The quantitative estimate of drug-likeness (QED) is 0.367. The average molecular weight is 128 g/mol. The molecule has 0 aromatic carbocycles. The predicted octanol–water partition coefficient (Wildman–Crippen LogP) is -0.438. The van der Waals surface area contributed by atoms with Crippen molar-refractivity contribution in [1.29, 1.82) is 0 Å². The Morgan fingerprint density at radius 2 is 1.25 bits per heavy atom. The van der Waals surface area contributed by atoms with Gasteiger partial charge in [0.2, 0.25) is 0 Å². The summed E-state index contributed by atoms with van der Waals surface area (Å²) in [5.41, 5.74) is 0. The number of hydrogen-bond acceptors (Lipinski definition) is 2. The molecule has 3 heteroatoms. The van der Waals surface area contributed by atoms with Gasteiger partial charge < -0.3 is 0 Å². The summed E-state index contributed by atoms with van der Waals surface area (Å²) in [5.74, 6) is 0. The van der Waals surface area contributed by atoms with Crippen LogP contribution in [0.25, 0.3) is 0 Å². The maximum atomic E-state index is 2.74. The first-order valence-electron chi connectivity index (χ1n) is 2.64. The van der Waals surface area contributed by atoms with E-state index >= 15 is 0 Å². The summed E-state index contributed by atoms with van der Waals surface area (Å²) in [7, 11) is 8.21. The molecule has 0 aliphatic rings. The Morgan fingerprint density at radius 1 is 1.00 bits per heavy atom. The zero-order chi connectivity index (χ0) is 6.73. The summed E-state index contributed by atoms with van der Waals surface area (Å²) in [4.78, 5) is 4.26. The first-order valence-corrected chi connectivity index (χ1v) is 3.31. The van der Waals surface area contributed by atoms with Crippen molar-refractivity contribution in [2.24, 2.45) is 0 Å². The zero-order valence-corrected chi connectivity index (χ0v) is 7.20. The van der Waals surface area contributed by atoms with E-state index in [9.17, 15) is 0 Å². The van der Waals surface area contributed by atoms with E-state index in [0.29, 0.717) is 5.03 Å². The molecule has 0 amide bonds. The summed E-state index contributed by atoms with van der Waals surface area (Å²) >= 11 is 2.74. The summed E-state index contributed by atoms with van der Waals surface area (Å²) in [5, 5.41) is 0.454. The molecule has 0 spiro atoms. The molecule has 0 aliphatic heterocycles. The van der Waals surface area contributed by atoms with Gasteiger partial charge in [0.25, 0.3) is 0 Å². The first kappa shape index (κ1) is 8.45. The molecule has 2 nitrogen and oxygen atoms in total. The SMILES string of the molecule is CN(C)[CH]([Al+2])N(C)C. The van der Waals surface area contributed by atoms with Crippen LogP contribution < -0.4 is 0 Å². The molecule has 0 heterocycles. The van der Waals surface area contributed by atoms with Crippen molar-refractivity contribution in [2.45, 2.75) is 5.03 Å². The topological polar surface area (TPSA) is 6.48 Å². The third-order valence-electron chi connectivity index (χ3n) is 1.06. The van der Waals surface area contributed by atoms with Gasteiger partial charge in [-0.05, 0) is 0 Å². The molecule has 0 aromatic rings. The second-order valence-corrected chi connectivity index (χ2v) is 2.94. The summed E-state index contributed by atoms with van der Waals surface area (Å²) in [6.07, 6.45) is 0. The molecule has 0 unspecified atom stereocenters. The Balaban J connectivity index is 3.46. The zero-order valence-electron chi connectivity index (χ0n) is 6.05. The van der Waals surface area contributed by atoms with Crippen LogP contribution in [0.4, 0.5) is 0 Å². The summed E-state index contributed by atoms with van der Waals surface area (Å²) < 4.78 is 0. The first-order chi connectivity index (χ1) is 3.55. The van der Waals surface area contributed by atoms with Crippen LogP contribution in [0.15, 0.2) is 0 Å². The normalized spacial score (nSPS) is 12.1. The van der Waals surface area contributed by atoms with Crippen molar-refractivity contribution < 1.29 is 0 Å². The van der Waals surface area contributed by atoms with Crippen molar-refractivity contribution in [1.82, 2.24) is 9.80 Å². The molecule has 0 saturated carbocycles. The van der Waals surface area contributed by atoms with Gasteiger partial charge in [-0.2, -0.15) is 0 Å². The Bertz CT molecular complexity index is 55.4. The molecule has 0 fully saturated rings. The van der Waals surface area contributed by atoms with Crippen LogP contribution in [0.1, 0.15) is 0 Å². The van der Waals surface area contributed by atoms with E-state index in [1.165, 1.54) is 0 Å². The molecule has 44 valence electrons. The Labute approximate surface area is 59.9 Å². The molecule has 0 N–H and O–H groups in total. The maximum absolute atomic E-state index is 2.74. The molecular weight excluding hydrogens is 115 g/mol. The molecule has 0 aromatic heterocycles. The van der Waals surface area contributed by atoms with Gasteiger partial charge >= 0.3 is 59.3 Å². The molecule has 0 bridgehead atoms. The van der Waals surface area contributed by atoms with E-state index in [2.05, 4.69) is 54.3 Å². The van der Waals surface area contributed by atoms with E-state index in [-0.39, 0.29) is 0 Å². The van der Waals surface area contributed by atoms with Crippen molar-refractivity contribution in [3.63, 3.8) is 0 Å². The third-order valence-corrected chi connectivity index (χ3v) is 2.25. The molecule has 0 radical (unpaired) electrons. The fourth-order valence-electron chi connectivity index (χ4n) is 0.462. The van der Waals surface area contributed by atoms with E-state index in [1.54, 1.807) is 0 Å². The minimum atomic E-state index is 0.454. The number of rotatable bonds is 2. The van der Waals surface area contributed by atoms with Gasteiger partial charge in [-0.3, -0.25) is 0 Å². The second-order valence-electron chi connectivity index (χ2n) is 2.34. The van der Waals surface area contributed by atoms with Crippen molar-refractivity contribution in [3.8, 4) is 0 Å². The standard InChI is InChI=1S/C5H13N2.Al/c1-6(2)5-7(3)4;/h5H,1-4H3;/q;+2. The average Bonchev–Trinajstić information content (AvgIpc) is 1.64. The molecule has 0 aliphatic carbocycles. The van der Waals surface area contributed by atoms with E-state index < -0.39 is 0 Å². The van der Waals surface area contributed by atoms with Gasteiger partial charge in [-0.25, -0.2) is 0 Å². The van der Waals surface area contributed by atoms with E-state index in [1.807, 2.05) is 0 Å². The van der Waals surface area contributed by atoms with Crippen LogP contribution in [-0.2, 0) is 0 Å². The Hall–Kier alpha value is 0.452. The summed E-state index contributed by atoms with van der Waals surface area (Å²) in [6, 6.07) is 0. The fraction of sp³-hybridized carbons (Fsp3) is 1.00.